The number of esters is 3. The minimum atomic E-state index is -0.469. The highest BCUT2D eigenvalue weighted by Gasteiger charge is 2.23. The fourth-order valence-corrected chi connectivity index (χ4v) is 5.71. The Morgan fingerprint density at radius 1 is 0.750 bits per heavy atom. The van der Waals surface area contributed by atoms with E-state index in [9.17, 15) is 14.4 Å². The van der Waals surface area contributed by atoms with Crippen LogP contribution in [0.2, 0.25) is 0 Å². The number of rotatable bonds is 12. The maximum atomic E-state index is 12.0. The van der Waals surface area contributed by atoms with Gasteiger partial charge in [-0.15, -0.1) is 23.5 Å². The lowest BCUT2D eigenvalue weighted by atomic mass is 10.5. The summed E-state index contributed by atoms with van der Waals surface area (Å²) in [6, 6.07) is 0. The first-order valence-corrected chi connectivity index (χ1v) is 12.0. The topological polar surface area (TPSA) is 78.9 Å². The Kier molecular flexibility index (Phi) is 14.8. The normalized spacial score (nSPS) is 13.6. The standard InChI is InChI=1S/C18H28O6S4/c1-7-22-16(19)11(4)26-14(25)10-15(27-12(5)17(20)23-8-2)28-13(6)18(21)24-9-3/h10-13H,7-9H2,1-6H3. The predicted molar refractivity (Wildman–Crippen MR) is 122 cm³/mol. The highest BCUT2D eigenvalue weighted by molar-refractivity contribution is 8.25. The molecule has 0 amide bonds. The monoisotopic (exact) mass is 468 g/mol. The average Bonchev–Trinajstić information content (AvgIpc) is 2.61. The molecule has 0 aromatic heterocycles. The molecule has 0 fully saturated rings. The van der Waals surface area contributed by atoms with Crippen LogP contribution in [0.3, 0.4) is 0 Å². The van der Waals surface area contributed by atoms with E-state index in [0.717, 1.165) is 0 Å². The first-order valence-electron chi connectivity index (χ1n) is 8.91. The van der Waals surface area contributed by atoms with Crippen molar-refractivity contribution in [2.75, 3.05) is 19.8 Å². The van der Waals surface area contributed by atoms with E-state index in [0.29, 0.717) is 28.3 Å². The number of carbonyl (C=O) groups is 3. The van der Waals surface area contributed by atoms with Crippen LogP contribution in [-0.4, -0.2) is 57.7 Å². The summed E-state index contributed by atoms with van der Waals surface area (Å²) in [5, 5.41) is -1.39. The van der Waals surface area contributed by atoms with Crippen molar-refractivity contribution >= 4 is 69.6 Å². The number of thioether (sulfide) groups is 3. The van der Waals surface area contributed by atoms with Gasteiger partial charge in [0.1, 0.15) is 15.7 Å². The van der Waals surface area contributed by atoms with Gasteiger partial charge in [0.05, 0.1) is 24.0 Å². The van der Waals surface area contributed by atoms with Gasteiger partial charge in [-0.1, -0.05) is 24.0 Å². The molecule has 0 aliphatic carbocycles. The molecule has 0 spiro atoms. The van der Waals surface area contributed by atoms with E-state index in [-0.39, 0.29) is 17.9 Å². The molecule has 0 aliphatic heterocycles. The lowest BCUT2D eigenvalue weighted by Crippen LogP contribution is -2.19. The summed E-state index contributed by atoms with van der Waals surface area (Å²) in [5.74, 6) is -1.03. The Labute approximate surface area is 185 Å². The summed E-state index contributed by atoms with van der Waals surface area (Å²) >= 11 is 9.07. The Balaban J connectivity index is 5.25. The lowest BCUT2D eigenvalue weighted by molar-refractivity contribution is -0.143. The summed E-state index contributed by atoms with van der Waals surface area (Å²) in [5.41, 5.74) is 0. The van der Waals surface area contributed by atoms with Gasteiger partial charge in [-0.25, -0.2) is 0 Å². The van der Waals surface area contributed by atoms with Crippen molar-refractivity contribution in [3.05, 3.63) is 10.3 Å². The van der Waals surface area contributed by atoms with Crippen LogP contribution in [0.15, 0.2) is 10.3 Å². The molecular formula is C18H28O6S4. The third-order valence-corrected chi connectivity index (χ3v) is 6.64. The smallest absolute Gasteiger partial charge is 0.319 e. The number of hydrogen-bond acceptors (Lipinski definition) is 10. The maximum Gasteiger partial charge on any atom is 0.319 e. The third kappa shape index (κ3) is 11.3. The van der Waals surface area contributed by atoms with Gasteiger partial charge < -0.3 is 14.2 Å². The van der Waals surface area contributed by atoms with Crippen molar-refractivity contribution in [1.82, 2.24) is 0 Å². The SMILES string of the molecule is CCOC(=O)C(C)SC(=S)C=C(SC(C)C(=O)OCC)SC(C)C(=O)OCC. The number of carbonyl (C=O) groups excluding carboxylic acids is 3. The highest BCUT2D eigenvalue weighted by atomic mass is 32.2. The van der Waals surface area contributed by atoms with Crippen LogP contribution in [0, 0.1) is 0 Å². The molecule has 0 aliphatic rings. The van der Waals surface area contributed by atoms with Crippen molar-refractivity contribution in [3.8, 4) is 0 Å². The summed E-state index contributed by atoms with van der Waals surface area (Å²) in [7, 11) is 0. The van der Waals surface area contributed by atoms with Crippen molar-refractivity contribution in [2.45, 2.75) is 57.3 Å². The molecule has 0 saturated carbocycles. The zero-order chi connectivity index (χ0) is 21.7. The molecule has 28 heavy (non-hydrogen) atoms. The lowest BCUT2D eigenvalue weighted by Gasteiger charge is -2.16. The predicted octanol–water partition coefficient (Wildman–Crippen LogP) is 4.21. The molecular weight excluding hydrogens is 440 g/mol. The summed E-state index contributed by atoms with van der Waals surface area (Å²) in [6.07, 6.45) is 1.69. The second-order valence-corrected chi connectivity index (χ2v) is 10.4. The second-order valence-electron chi connectivity index (χ2n) is 5.32. The highest BCUT2D eigenvalue weighted by Crippen LogP contribution is 2.36. The first-order chi connectivity index (χ1) is 13.2. The van der Waals surface area contributed by atoms with E-state index in [4.69, 9.17) is 26.4 Å². The van der Waals surface area contributed by atoms with Crippen LogP contribution >= 0.6 is 47.5 Å². The van der Waals surface area contributed by atoms with Gasteiger partial charge in [0.25, 0.3) is 0 Å². The van der Waals surface area contributed by atoms with Gasteiger partial charge in [0.2, 0.25) is 0 Å². The molecule has 0 aromatic rings. The van der Waals surface area contributed by atoms with Gasteiger partial charge >= 0.3 is 17.9 Å². The van der Waals surface area contributed by atoms with E-state index in [1.807, 2.05) is 0 Å². The molecule has 0 radical (unpaired) electrons. The summed E-state index contributed by atoms with van der Waals surface area (Å²) in [4.78, 5) is 35.7. The summed E-state index contributed by atoms with van der Waals surface area (Å²) in [6.45, 7) is 11.3. The molecule has 10 heteroatoms. The van der Waals surface area contributed by atoms with Gasteiger partial charge in [-0.05, 0) is 47.6 Å². The fraction of sp³-hybridized carbons (Fsp3) is 0.667. The van der Waals surface area contributed by atoms with E-state index in [2.05, 4.69) is 0 Å². The largest absolute Gasteiger partial charge is 0.465 e. The van der Waals surface area contributed by atoms with E-state index >= 15 is 0 Å². The minimum absolute atomic E-state index is 0.292. The molecule has 0 bridgehead atoms. The molecule has 160 valence electrons. The van der Waals surface area contributed by atoms with E-state index in [1.165, 1.54) is 35.3 Å². The van der Waals surface area contributed by atoms with Gasteiger partial charge in [0, 0.05) is 4.24 Å². The second kappa shape index (κ2) is 15.2. The zero-order valence-electron chi connectivity index (χ0n) is 17.0. The Bertz CT molecular complexity index is 550. The quantitative estimate of drug-likeness (QED) is 0.180. The van der Waals surface area contributed by atoms with Crippen LogP contribution < -0.4 is 0 Å². The van der Waals surface area contributed by atoms with Crippen molar-refractivity contribution in [3.63, 3.8) is 0 Å². The van der Waals surface area contributed by atoms with Crippen LogP contribution in [0.25, 0.3) is 0 Å². The number of ether oxygens (including phenoxy) is 3. The van der Waals surface area contributed by atoms with Gasteiger partial charge in [-0.3, -0.25) is 14.4 Å². The van der Waals surface area contributed by atoms with Crippen LogP contribution in [0.5, 0.6) is 0 Å². The molecule has 0 heterocycles. The van der Waals surface area contributed by atoms with Gasteiger partial charge in [0.15, 0.2) is 0 Å². The number of thiocarbonyl (C=S) groups is 1. The van der Waals surface area contributed by atoms with Gasteiger partial charge in [-0.2, -0.15) is 0 Å². The Morgan fingerprint density at radius 3 is 1.39 bits per heavy atom. The molecule has 0 aromatic carbocycles. The summed E-state index contributed by atoms with van der Waals surface area (Å²) < 4.78 is 16.2. The molecule has 3 unspecified atom stereocenters. The van der Waals surface area contributed by atoms with Crippen molar-refractivity contribution < 1.29 is 28.6 Å². The van der Waals surface area contributed by atoms with Crippen molar-refractivity contribution in [1.29, 1.82) is 0 Å². The maximum absolute atomic E-state index is 12.0. The average molecular weight is 469 g/mol. The molecule has 6 nitrogen and oxygen atoms in total. The van der Waals surface area contributed by atoms with Crippen molar-refractivity contribution in [2.24, 2.45) is 0 Å². The first kappa shape index (κ1) is 27.3. The number of hydrogen-bond donors (Lipinski definition) is 0. The van der Waals surface area contributed by atoms with E-state index < -0.39 is 15.7 Å². The fourth-order valence-electron chi connectivity index (χ4n) is 1.67. The molecule has 0 saturated heterocycles. The zero-order valence-corrected chi connectivity index (χ0v) is 20.3. The molecule has 0 rings (SSSR count). The van der Waals surface area contributed by atoms with Crippen LogP contribution in [0.4, 0.5) is 0 Å². The van der Waals surface area contributed by atoms with Crippen LogP contribution in [0.1, 0.15) is 41.5 Å². The van der Waals surface area contributed by atoms with E-state index in [1.54, 1.807) is 47.6 Å². The minimum Gasteiger partial charge on any atom is -0.465 e. The third-order valence-electron chi connectivity index (χ3n) is 2.97. The van der Waals surface area contributed by atoms with Crippen LogP contribution in [-0.2, 0) is 28.6 Å². The molecule has 3 atom stereocenters. The Hall–Kier alpha value is -0.710. The Morgan fingerprint density at radius 2 is 1.07 bits per heavy atom. The molecule has 0 N–H and O–H groups in total.